The zero-order chi connectivity index (χ0) is 20.0. The second-order valence-corrected chi connectivity index (χ2v) is 5.66. The van der Waals surface area contributed by atoms with Crippen LogP contribution in [0.2, 0.25) is 0 Å². The molecular weight excluding hydrogens is 348 g/mol. The topological polar surface area (TPSA) is 161 Å². The van der Waals surface area contributed by atoms with Crippen LogP contribution >= 0.6 is 0 Å². The number of hydrogen-bond acceptors (Lipinski definition) is 9. The standard InChI is InChI=1S/C16H22N2O8/c17-4-3-13(21)18-10-5-9(6-24-8-19)1-2-12(10)26-16-15(23)14(22)11(20)7-25-16/h1-2,5,8,11,14-16,20,22-23H,3-4,6-7,17H2,(H,18,21)/t11-,14+,15-,16+/m1/s1/i8D. The van der Waals surface area contributed by atoms with Gasteiger partial charge in [-0.05, 0) is 17.7 Å². The normalized spacial score (nSPS) is 25.9. The minimum Gasteiger partial charge on any atom is -0.463 e. The van der Waals surface area contributed by atoms with E-state index >= 15 is 0 Å². The Bertz CT molecular complexity index is 674. The molecule has 6 N–H and O–H groups in total. The molecule has 0 spiro atoms. The third-order valence-electron chi connectivity index (χ3n) is 3.68. The van der Waals surface area contributed by atoms with Crippen LogP contribution in [0.3, 0.4) is 0 Å². The summed E-state index contributed by atoms with van der Waals surface area (Å²) in [5, 5.41) is 31.8. The number of amides is 1. The van der Waals surface area contributed by atoms with Gasteiger partial charge in [-0.1, -0.05) is 6.07 Å². The lowest BCUT2D eigenvalue weighted by Crippen LogP contribution is -2.54. The number of aliphatic hydroxyl groups excluding tert-OH is 3. The molecule has 10 heteroatoms. The van der Waals surface area contributed by atoms with E-state index in [0.717, 1.165) is 0 Å². The highest BCUT2D eigenvalue weighted by atomic mass is 16.7. The summed E-state index contributed by atoms with van der Waals surface area (Å²) in [6, 6.07) is 4.43. The van der Waals surface area contributed by atoms with Gasteiger partial charge in [0, 0.05) is 13.0 Å². The molecule has 144 valence electrons. The van der Waals surface area contributed by atoms with Crippen molar-refractivity contribution in [2.75, 3.05) is 18.5 Å². The summed E-state index contributed by atoms with van der Waals surface area (Å²) in [5.41, 5.74) is 6.03. The third-order valence-corrected chi connectivity index (χ3v) is 3.68. The molecule has 1 heterocycles. The van der Waals surface area contributed by atoms with E-state index in [-0.39, 0.29) is 37.6 Å². The van der Waals surface area contributed by atoms with Gasteiger partial charge in [0.05, 0.1) is 12.3 Å². The minimum absolute atomic E-state index is 0.0544. The van der Waals surface area contributed by atoms with E-state index in [2.05, 4.69) is 10.1 Å². The molecule has 0 bridgehead atoms. The van der Waals surface area contributed by atoms with Crippen LogP contribution in [0, 0.1) is 0 Å². The zero-order valence-corrected chi connectivity index (χ0v) is 13.8. The second kappa shape index (κ2) is 9.46. The Morgan fingerprint density at radius 2 is 2.19 bits per heavy atom. The van der Waals surface area contributed by atoms with Crippen LogP contribution in [0.15, 0.2) is 18.2 Å². The summed E-state index contributed by atoms with van der Waals surface area (Å²) in [7, 11) is 0. The molecule has 2 rings (SSSR count). The van der Waals surface area contributed by atoms with E-state index in [4.69, 9.17) is 16.6 Å². The maximum absolute atomic E-state index is 11.9. The van der Waals surface area contributed by atoms with Crippen molar-refractivity contribution in [3.63, 3.8) is 0 Å². The Kier molecular flexibility index (Phi) is 6.75. The smallest absolute Gasteiger partial charge is 0.293 e. The minimum atomic E-state index is -1.51. The monoisotopic (exact) mass is 371 g/mol. The summed E-state index contributed by atoms with van der Waals surface area (Å²) in [5.74, 6) is -0.272. The van der Waals surface area contributed by atoms with Crippen molar-refractivity contribution in [1.29, 1.82) is 0 Å². The quantitative estimate of drug-likeness (QED) is 0.358. The highest BCUT2D eigenvalue weighted by molar-refractivity contribution is 5.92. The molecule has 1 amide bonds. The first-order valence-corrected chi connectivity index (χ1v) is 7.90. The lowest BCUT2D eigenvalue weighted by molar-refractivity contribution is -0.241. The highest BCUT2D eigenvalue weighted by Crippen LogP contribution is 2.29. The van der Waals surface area contributed by atoms with Gasteiger partial charge in [-0.15, -0.1) is 0 Å². The molecule has 1 aromatic carbocycles. The van der Waals surface area contributed by atoms with Gasteiger partial charge in [0.15, 0.2) is 1.37 Å². The van der Waals surface area contributed by atoms with Crippen LogP contribution in [0.1, 0.15) is 13.4 Å². The van der Waals surface area contributed by atoms with Crippen molar-refractivity contribution in [2.24, 2.45) is 5.73 Å². The fourth-order valence-electron chi connectivity index (χ4n) is 2.33. The molecule has 1 aliphatic heterocycles. The van der Waals surface area contributed by atoms with Gasteiger partial charge in [-0.25, -0.2) is 0 Å². The first kappa shape index (κ1) is 18.5. The van der Waals surface area contributed by atoms with Gasteiger partial charge in [0.1, 0.15) is 30.7 Å². The molecule has 0 radical (unpaired) electrons. The molecule has 10 nitrogen and oxygen atoms in total. The molecular formula is C16H22N2O8. The largest absolute Gasteiger partial charge is 0.463 e. The summed E-state index contributed by atoms with van der Waals surface area (Å²) < 4.78 is 22.1. The first-order valence-electron chi connectivity index (χ1n) is 8.40. The first-order chi connectivity index (χ1) is 12.8. The SMILES string of the molecule is [2H]C(=O)OCc1ccc(O[C@@H]2OC[C@@H](O)[C@H](O)[C@H]2O)c(NC(=O)CCN)c1. The summed E-state index contributed by atoms with van der Waals surface area (Å²) >= 11 is 0. The van der Waals surface area contributed by atoms with Crippen LogP contribution in [0.4, 0.5) is 5.69 Å². The predicted molar refractivity (Wildman–Crippen MR) is 88.0 cm³/mol. The van der Waals surface area contributed by atoms with Gasteiger partial charge in [-0.2, -0.15) is 0 Å². The van der Waals surface area contributed by atoms with Gasteiger partial charge in [-0.3, -0.25) is 9.59 Å². The predicted octanol–water partition coefficient (Wildman–Crippen LogP) is -1.54. The van der Waals surface area contributed by atoms with Crippen molar-refractivity contribution in [3.05, 3.63) is 23.8 Å². The Morgan fingerprint density at radius 1 is 1.42 bits per heavy atom. The van der Waals surface area contributed by atoms with Crippen LogP contribution in [0.25, 0.3) is 0 Å². The van der Waals surface area contributed by atoms with Crippen LogP contribution < -0.4 is 15.8 Å². The van der Waals surface area contributed by atoms with Crippen molar-refractivity contribution in [1.82, 2.24) is 0 Å². The van der Waals surface area contributed by atoms with E-state index in [1.807, 2.05) is 0 Å². The molecule has 1 fully saturated rings. The molecule has 0 aromatic heterocycles. The summed E-state index contributed by atoms with van der Waals surface area (Å²) in [4.78, 5) is 22.5. The Labute approximate surface area is 150 Å². The Morgan fingerprint density at radius 3 is 2.88 bits per heavy atom. The number of carbonyl (C=O) groups is 2. The number of hydrogen-bond donors (Lipinski definition) is 5. The van der Waals surface area contributed by atoms with E-state index in [1.165, 1.54) is 18.2 Å². The van der Waals surface area contributed by atoms with E-state index in [0.29, 0.717) is 5.56 Å². The van der Waals surface area contributed by atoms with Crippen LogP contribution in [-0.4, -0.2) is 65.4 Å². The highest BCUT2D eigenvalue weighted by Gasteiger charge is 2.39. The lowest BCUT2D eigenvalue weighted by atomic mass is 10.1. The number of benzene rings is 1. The lowest BCUT2D eigenvalue weighted by Gasteiger charge is -2.35. The maximum atomic E-state index is 11.9. The van der Waals surface area contributed by atoms with Crippen LogP contribution in [0.5, 0.6) is 5.75 Å². The van der Waals surface area contributed by atoms with E-state index in [9.17, 15) is 24.9 Å². The molecule has 1 aromatic rings. The van der Waals surface area contributed by atoms with Crippen molar-refractivity contribution < 1.29 is 40.5 Å². The number of rotatable bonds is 7. The zero-order valence-electron chi connectivity index (χ0n) is 14.8. The number of nitrogens with two attached hydrogens (primary N) is 1. The van der Waals surface area contributed by atoms with Gasteiger partial charge in [0.25, 0.3) is 6.45 Å². The molecule has 0 saturated carbocycles. The van der Waals surface area contributed by atoms with Crippen molar-refractivity contribution >= 4 is 18.0 Å². The van der Waals surface area contributed by atoms with Crippen molar-refractivity contribution in [2.45, 2.75) is 37.6 Å². The van der Waals surface area contributed by atoms with Gasteiger partial charge < -0.3 is 40.6 Å². The summed E-state index contributed by atoms with van der Waals surface area (Å²) in [6.45, 7) is -0.294. The Hall–Kier alpha value is -2.24. The molecule has 1 aliphatic rings. The molecule has 0 aliphatic carbocycles. The van der Waals surface area contributed by atoms with Gasteiger partial charge >= 0.3 is 0 Å². The van der Waals surface area contributed by atoms with Crippen LogP contribution in [-0.2, 0) is 25.7 Å². The molecule has 4 atom stereocenters. The fourth-order valence-corrected chi connectivity index (χ4v) is 2.33. The summed E-state index contributed by atoms with van der Waals surface area (Å²) in [6.07, 6.45) is -6.62. The average Bonchev–Trinajstić information content (AvgIpc) is 2.62. The second-order valence-electron chi connectivity index (χ2n) is 5.66. The van der Waals surface area contributed by atoms with E-state index < -0.39 is 37.0 Å². The number of aliphatic hydroxyl groups is 3. The maximum Gasteiger partial charge on any atom is 0.293 e. The fraction of sp³-hybridized carbons (Fsp3) is 0.500. The number of nitrogens with one attached hydrogen (secondary N) is 1. The van der Waals surface area contributed by atoms with Crippen molar-refractivity contribution in [3.8, 4) is 5.75 Å². The third kappa shape index (κ3) is 5.13. The number of anilines is 1. The number of carbonyl (C=O) groups excluding carboxylic acids is 2. The number of ether oxygens (including phenoxy) is 3. The van der Waals surface area contributed by atoms with E-state index in [1.54, 1.807) is 0 Å². The Balaban J connectivity index is 2.19. The molecule has 0 unspecified atom stereocenters. The van der Waals surface area contributed by atoms with Gasteiger partial charge in [0.2, 0.25) is 12.2 Å². The molecule has 1 saturated heterocycles. The average molecular weight is 371 g/mol. The molecule has 26 heavy (non-hydrogen) atoms.